The molecule has 0 saturated heterocycles. The zero-order valence-electron chi connectivity index (χ0n) is 8.18. The molecule has 0 aromatic heterocycles. The molecule has 1 aromatic carbocycles. The molecule has 0 aliphatic heterocycles. The van der Waals surface area contributed by atoms with Gasteiger partial charge in [0.2, 0.25) is 0 Å². The molecule has 80 valence electrons. The van der Waals surface area contributed by atoms with Crippen molar-refractivity contribution in [2.24, 2.45) is 0 Å². The van der Waals surface area contributed by atoms with Crippen molar-refractivity contribution in [1.29, 1.82) is 0 Å². The predicted octanol–water partition coefficient (Wildman–Crippen LogP) is 1.85. The molecule has 7 heteroatoms. The molecule has 0 aliphatic carbocycles. The van der Waals surface area contributed by atoms with Gasteiger partial charge in [-0.1, -0.05) is 0 Å². The largest absolute Gasteiger partial charge is 0.383 e. The highest BCUT2D eigenvalue weighted by Gasteiger charge is 2.21. The number of nitrogens with one attached hydrogen (secondary N) is 1. The maximum Gasteiger partial charge on any atom is 0.299 e. The lowest BCUT2D eigenvalue weighted by molar-refractivity contribution is -0.394. The first-order valence-corrected chi connectivity index (χ1v) is 4.08. The van der Waals surface area contributed by atoms with Gasteiger partial charge < -0.3 is 5.32 Å². The second-order valence-corrected chi connectivity index (χ2v) is 2.92. The normalized spacial score (nSPS) is 9.73. The van der Waals surface area contributed by atoms with Gasteiger partial charge in [0, 0.05) is 12.6 Å². The number of nitro groups is 2. The van der Waals surface area contributed by atoms with Crippen LogP contribution in [-0.2, 0) is 0 Å². The first kappa shape index (κ1) is 10.9. The van der Waals surface area contributed by atoms with E-state index in [0.717, 1.165) is 6.07 Å². The van der Waals surface area contributed by atoms with Crippen molar-refractivity contribution in [3.05, 3.63) is 37.9 Å². The SMILES string of the molecule is CNc1cc(C)c([N+](=O)[O-])cc1[N+](=O)[O-]. The lowest BCUT2D eigenvalue weighted by atomic mass is 10.1. The molecule has 0 amide bonds. The van der Waals surface area contributed by atoms with Crippen molar-refractivity contribution in [2.45, 2.75) is 6.92 Å². The second kappa shape index (κ2) is 3.91. The number of aryl methyl sites for hydroxylation is 1. The Balaban J connectivity index is 3.43. The van der Waals surface area contributed by atoms with Gasteiger partial charge in [-0.3, -0.25) is 20.2 Å². The summed E-state index contributed by atoms with van der Waals surface area (Å²) in [5, 5.41) is 23.8. The molecule has 0 saturated carbocycles. The zero-order valence-corrected chi connectivity index (χ0v) is 8.18. The van der Waals surface area contributed by atoms with Gasteiger partial charge >= 0.3 is 0 Å². The highest BCUT2D eigenvalue weighted by molar-refractivity contribution is 5.67. The van der Waals surface area contributed by atoms with E-state index in [1.54, 1.807) is 0 Å². The summed E-state index contributed by atoms with van der Waals surface area (Å²) in [7, 11) is 1.52. The fraction of sp³-hybridized carbons (Fsp3) is 0.250. The Morgan fingerprint density at radius 2 is 1.67 bits per heavy atom. The van der Waals surface area contributed by atoms with Crippen LogP contribution in [0, 0.1) is 27.2 Å². The lowest BCUT2D eigenvalue weighted by Crippen LogP contribution is -2.00. The average molecular weight is 211 g/mol. The van der Waals surface area contributed by atoms with Crippen LogP contribution in [0.1, 0.15) is 5.56 Å². The van der Waals surface area contributed by atoms with E-state index in [0.29, 0.717) is 5.56 Å². The number of nitro benzene ring substituents is 2. The molecule has 0 fully saturated rings. The first-order chi connectivity index (χ1) is 6.97. The Bertz CT molecular complexity index is 430. The second-order valence-electron chi connectivity index (χ2n) is 2.92. The molecule has 0 bridgehead atoms. The first-order valence-electron chi connectivity index (χ1n) is 4.08. The molecule has 7 nitrogen and oxygen atoms in total. The van der Waals surface area contributed by atoms with E-state index in [4.69, 9.17) is 0 Å². The number of nitrogens with zero attached hydrogens (tertiary/aromatic N) is 2. The van der Waals surface area contributed by atoms with Gasteiger partial charge in [-0.05, 0) is 13.0 Å². The van der Waals surface area contributed by atoms with Crippen LogP contribution in [0.4, 0.5) is 17.1 Å². The number of hydrogen-bond acceptors (Lipinski definition) is 5. The van der Waals surface area contributed by atoms with Crippen LogP contribution >= 0.6 is 0 Å². The summed E-state index contributed by atoms with van der Waals surface area (Å²) >= 11 is 0. The standard InChI is InChI=1S/C8H9N3O4/c1-5-3-6(9-2)8(11(14)15)4-7(5)10(12)13/h3-4,9H,1-2H3. The summed E-state index contributed by atoms with van der Waals surface area (Å²) < 4.78 is 0. The van der Waals surface area contributed by atoms with Gasteiger partial charge in [0.1, 0.15) is 5.69 Å². The van der Waals surface area contributed by atoms with Crippen molar-refractivity contribution in [2.75, 3.05) is 12.4 Å². The van der Waals surface area contributed by atoms with E-state index >= 15 is 0 Å². The number of anilines is 1. The minimum Gasteiger partial charge on any atom is -0.383 e. The molecular weight excluding hydrogens is 202 g/mol. The Morgan fingerprint density at radius 3 is 2.07 bits per heavy atom. The Morgan fingerprint density at radius 1 is 1.13 bits per heavy atom. The van der Waals surface area contributed by atoms with Gasteiger partial charge in [-0.25, -0.2) is 0 Å². The molecule has 1 N–H and O–H groups in total. The maximum absolute atomic E-state index is 10.6. The monoisotopic (exact) mass is 211 g/mol. The van der Waals surface area contributed by atoms with E-state index in [2.05, 4.69) is 5.32 Å². The molecule has 0 heterocycles. The van der Waals surface area contributed by atoms with Gasteiger partial charge in [-0.15, -0.1) is 0 Å². The van der Waals surface area contributed by atoms with Crippen LogP contribution in [0.25, 0.3) is 0 Å². The maximum atomic E-state index is 10.6. The Kier molecular flexibility index (Phi) is 2.84. The topological polar surface area (TPSA) is 98.3 Å². The van der Waals surface area contributed by atoms with Gasteiger partial charge in [0.25, 0.3) is 11.4 Å². The molecule has 1 rings (SSSR count). The molecule has 0 aliphatic rings. The van der Waals surface area contributed by atoms with E-state index in [9.17, 15) is 20.2 Å². The molecule has 1 aromatic rings. The summed E-state index contributed by atoms with van der Waals surface area (Å²) in [6.07, 6.45) is 0. The highest BCUT2D eigenvalue weighted by Crippen LogP contribution is 2.31. The summed E-state index contributed by atoms with van der Waals surface area (Å²) in [6, 6.07) is 2.34. The number of rotatable bonds is 3. The van der Waals surface area contributed by atoms with Crippen molar-refractivity contribution >= 4 is 17.1 Å². The van der Waals surface area contributed by atoms with Gasteiger partial charge in [0.15, 0.2) is 0 Å². The highest BCUT2D eigenvalue weighted by atomic mass is 16.6. The third-order valence-corrected chi connectivity index (χ3v) is 1.98. The third-order valence-electron chi connectivity index (χ3n) is 1.98. The van der Waals surface area contributed by atoms with Crippen molar-refractivity contribution in [3.8, 4) is 0 Å². The Labute approximate surface area is 85.0 Å². The molecule has 0 unspecified atom stereocenters. The number of benzene rings is 1. The molecule has 0 radical (unpaired) electrons. The van der Waals surface area contributed by atoms with Crippen molar-refractivity contribution in [3.63, 3.8) is 0 Å². The quantitative estimate of drug-likeness (QED) is 0.607. The zero-order chi connectivity index (χ0) is 11.6. The van der Waals surface area contributed by atoms with E-state index in [-0.39, 0.29) is 17.1 Å². The van der Waals surface area contributed by atoms with Gasteiger partial charge in [-0.2, -0.15) is 0 Å². The Hall–Kier alpha value is -2.18. The van der Waals surface area contributed by atoms with Gasteiger partial charge in [0.05, 0.1) is 15.9 Å². The molecule has 0 atom stereocenters. The smallest absolute Gasteiger partial charge is 0.299 e. The van der Waals surface area contributed by atoms with Crippen LogP contribution in [0.5, 0.6) is 0 Å². The fourth-order valence-electron chi connectivity index (χ4n) is 1.23. The van der Waals surface area contributed by atoms with Crippen LogP contribution < -0.4 is 5.32 Å². The minimum absolute atomic E-state index is 0.249. The fourth-order valence-corrected chi connectivity index (χ4v) is 1.23. The van der Waals surface area contributed by atoms with E-state index < -0.39 is 9.85 Å². The van der Waals surface area contributed by atoms with Crippen LogP contribution in [0.15, 0.2) is 12.1 Å². The summed E-state index contributed by atoms with van der Waals surface area (Å²) in [6.45, 7) is 1.53. The molecule has 0 spiro atoms. The third kappa shape index (κ3) is 2.01. The summed E-state index contributed by atoms with van der Waals surface area (Å²) in [5.41, 5.74) is 0.105. The van der Waals surface area contributed by atoms with Crippen LogP contribution in [-0.4, -0.2) is 16.9 Å². The van der Waals surface area contributed by atoms with Crippen LogP contribution in [0.3, 0.4) is 0 Å². The summed E-state index contributed by atoms with van der Waals surface area (Å²) in [5.74, 6) is 0. The minimum atomic E-state index is -0.654. The lowest BCUT2D eigenvalue weighted by Gasteiger charge is -2.03. The molecular formula is C8H9N3O4. The predicted molar refractivity (Wildman–Crippen MR) is 54.0 cm³/mol. The van der Waals surface area contributed by atoms with E-state index in [1.165, 1.54) is 20.0 Å². The average Bonchev–Trinajstić information content (AvgIpc) is 2.16. The summed E-state index contributed by atoms with van der Waals surface area (Å²) in [4.78, 5) is 19.9. The number of hydrogen-bond donors (Lipinski definition) is 1. The van der Waals surface area contributed by atoms with Crippen molar-refractivity contribution < 1.29 is 9.85 Å². The van der Waals surface area contributed by atoms with Crippen LogP contribution in [0.2, 0.25) is 0 Å². The molecule has 15 heavy (non-hydrogen) atoms. The van der Waals surface area contributed by atoms with Crippen molar-refractivity contribution in [1.82, 2.24) is 0 Å². The van der Waals surface area contributed by atoms with E-state index in [1.807, 2.05) is 0 Å².